The molecule has 1 aromatic rings. The number of nitrogen functional groups attached to an aromatic ring is 1. The van der Waals surface area contributed by atoms with Gasteiger partial charge in [-0.1, -0.05) is 0 Å². The molecule has 0 bridgehead atoms. The molecule has 1 atom stereocenters. The molecular formula is C11H17N3OS. The number of ether oxygens (including phenoxy) is 1. The topological polar surface area (TPSA) is 51.4 Å². The minimum Gasteiger partial charge on any atom is -0.381 e. The SMILES string of the molecule is Nc1ncc(CN2CCC3(CCOC3)C2)s1. The Morgan fingerprint density at radius 3 is 3.19 bits per heavy atom. The van der Waals surface area contributed by atoms with E-state index in [1.165, 1.54) is 30.8 Å². The van der Waals surface area contributed by atoms with E-state index in [1.807, 2.05) is 6.20 Å². The molecule has 0 radical (unpaired) electrons. The van der Waals surface area contributed by atoms with Crippen LogP contribution in [0.2, 0.25) is 0 Å². The van der Waals surface area contributed by atoms with Crippen LogP contribution in [0.5, 0.6) is 0 Å². The van der Waals surface area contributed by atoms with Crippen LogP contribution in [0, 0.1) is 5.41 Å². The van der Waals surface area contributed by atoms with Gasteiger partial charge in [0, 0.05) is 36.2 Å². The average molecular weight is 239 g/mol. The molecule has 2 aliphatic heterocycles. The van der Waals surface area contributed by atoms with Gasteiger partial charge in [-0.25, -0.2) is 4.98 Å². The first kappa shape index (κ1) is 10.5. The Labute approximate surface area is 99.4 Å². The average Bonchev–Trinajstić information content (AvgIpc) is 2.94. The molecule has 16 heavy (non-hydrogen) atoms. The lowest BCUT2D eigenvalue weighted by atomic mass is 9.87. The molecule has 2 fully saturated rings. The number of hydrogen-bond acceptors (Lipinski definition) is 5. The zero-order chi connectivity index (χ0) is 11.0. The van der Waals surface area contributed by atoms with Crippen molar-refractivity contribution < 1.29 is 4.74 Å². The number of likely N-dealkylation sites (tertiary alicyclic amines) is 1. The van der Waals surface area contributed by atoms with E-state index >= 15 is 0 Å². The van der Waals surface area contributed by atoms with Gasteiger partial charge in [0.25, 0.3) is 0 Å². The minimum atomic E-state index is 0.455. The van der Waals surface area contributed by atoms with Crippen LogP contribution in [0.4, 0.5) is 5.13 Å². The normalized spacial score (nSPS) is 30.5. The van der Waals surface area contributed by atoms with Crippen LogP contribution in [0.3, 0.4) is 0 Å². The van der Waals surface area contributed by atoms with Crippen LogP contribution in [-0.2, 0) is 11.3 Å². The zero-order valence-corrected chi connectivity index (χ0v) is 10.1. The molecule has 5 heteroatoms. The first-order chi connectivity index (χ1) is 7.76. The van der Waals surface area contributed by atoms with E-state index in [2.05, 4.69) is 9.88 Å². The maximum atomic E-state index is 5.64. The molecule has 0 aromatic carbocycles. The fourth-order valence-corrected chi connectivity index (χ4v) is 3.48. The third kappa shape index (κ3) is 1.95. The molecule has 0 amide bonds. The lowest BCUT2D eigenvalue weighted by Crippen LogP contribution is -2.27. The number of anilines is 1. The molecule has 1 aromatic heterocycles. The van der Waals surface area contributed by atoms with Crippen molar-refractivity contribution in [2.24, 2.45) is 5.41 Å². The summed E-state index contributed by atoms with van der Waals surface area (Å²) in [5.41, 5.74) is 6.09. The van der Waals surface area contributed by atoms with Gasteiger partial charge in [0.05, 0.1) is 6.61 Å². The quantitative estimate of drug-likeness (QED) is 0.846. The molecule has 2 saturated heterocycles. The standard InChI is InChI=1S/C11H17N3OS/c12-10-13-5-9(16-10)6-14-3-1-11(7-14)2-4-15-8-11/h5H,1-4,6-8H2,(H2,12,13). The maximum absolute atomic E-state index is 5.64. The summed E-state index contributed by atoms with van der Waals surface area (Å²) in [6.07, 6.45) is 4.41. The summed E-state index contributed by atoms with van der Waals surface area (Å²) in [5, 5.41) is 0.674. The highest BCUT2D eigenvalue weighted by Crippen LogP contribution is 2.38. The highest BCUT2D eigenvalue weighted by molar-refractivity contribution is 7.15. The van der Waals surface area contributed by atoms with Gasteiger partial charge in [-0.2, -0.15) is 0 Å². The first-order valence-electron chi connectivity index (χ1n) is 5.76. The summed E-state index contributed by atoms with van der Waals surface area (Å²) in [6, 6.07) is 0. The van der Waals surface area contributed by atoms with Gasteiger partial charge in [-0.3, -0.25) is 4.90 Å². The van der Waals surface area contributed by atoms with E-state index in [9.17, 15) is 0 Å². The number of nitrogens with two attached hydrogens (primary N) is 1. The van der Waals surface area contributed by atoms with E-state index in [4.69, 9.17) is 10.5 Å². The molecule has 0 saturated carbocycles. The van der Waals surface area contributed by atoms with Gasteiger partial charge in [0.15, 0.2) is 5.13 Å². The summed E-state index contributed by atoms with van der Waals surface area (Å²) in [7, 11) is 0. The molecule has 1 spiro atoms. The van der Waals surface area contributed by atoms with E-state index in [-0.39, 0.29) is 0 Å². The van der Waals surface area contributed by atoms with Crippen LogP contribution in [-0.4, -0.2) is 36.2 Å². The fraction of sp³-hybridized carbons (Fsp3) is 0.727. The predicted octanol–water partition coefficient (Wildman–Crippen LogP) is 1.34. The highest BCUT2D eigenvalue weighted by atomic mass is 32.1. The Kier molecular flexibility index (Phi) is 2.61. The predicted molar refractivity (Wildman–Crippen MR) is 64.3 cm³/mol. The molecule has 88 valence electrons. The summed E-state index contributed by atoms with van der Waals surface area (Å²) >= 11 is 1.60. The summed E-state index contributed by atoms with van der Waals surface area (Å²) in [6.45, 7) is 5.25. The van der Waals surface area contributed by atoms with Gasteiger partial charge in [-0.15, -0.1) is 11.3 Å². The van der Waals surface area contributed by atoms with Crippen LogP contribution in [0.15, 0.2) is 6.20 Å². The van der Waals surface area contributed by atoms with Crippen LogP contribution < -0.4 is 5.73 Å². The zero-order valence-electron chi connectivity index (χ0n) is 9.32. The van der Waals surface area contributed by atoms with Crippen molar-refractivity contribution in [3.8, 4) is 0 Å². The molecule has 3 heterocycles. The molecule has 3 rings (SSSR count). The van der Waals surface area contributed by atoms with Crippen molar-refractivity contribution in [2.45, 2.75) is 19.4 Å². The van der Waals surface area contributed by atoms with Crippen molar-refractivity contribution in [1.82, 2.24) is 9.88 Å². The summed E-state index contributed by atoms with van der Waals surface area (Å²) < 4.78 is 5.53. The number of nitrogens with zero attached hydrogens (tertiary/aromatic N) is 2. The second kappa shape index (κ2) is 3.98. The Balaban J connectivity index is 1.61. The van der Waals surface area contributed by atoms with Crippen LogP contribution >= 0.6 is 11.3 Å². The largest absolute Gasteiger partial charge is 0.381 e. The smallest absolute Gasteiger partial charge is 0.180 e. The van der Waals surface area contributed by atoms with E-state index in [0.29, 0.717) is 10.5 Å². The van der Waals surface area contributed by atoms with E-state index in [1.54, 1.807) is 11.3 Å². The maximum Gasteiger partial charge on any atom is 0.180 e. The number of hydrogen-bond donors (Lipinski definition) is 1. The number of thiazole rings is 1. The van der Waals surface area contributed by atoms with Crippen molar-refractivity contribution in [1.29, 1.82) is 0 Å². The minimum absolute atomic E-state index is 0.455. The second-order valence-electron chi connectivity index (χ2n) is 4.93. The van der Waals surface area contributed by atoms with Crippen molar-refractivity contribution in [3.63, 3.8) is 0 Å². The fourth-order valence-electron chi connectivity index (χ4n) is 2.75. The Hall–Kier alpha value is -0.650. The lowest BCUT2D eigenvalue weighted by Gasteiger charge is -2.21. The van der Waals surface area contributed by atoms with Crippen molar-refractivity contribution >= 4 is 16.5 Å². The van der Waals surface area contributed by atoms with E-state index in [0.717, 1.165) is 19.8 Å². The van der Waals surface area contributed by atoms with Crippen molar-refractivity contribution in [2.75, 3.05) is 32.0 Å². The first-order valence-corrected chi connectivity index (χ1v) is 6.58. The lowest BCUT2D eigenvalue weighted by molar-refractivity contribution is 0.151. The van der Waals surface area contributed by atoms with E-state index < -0.39 is 0 Å². The molecule has 0 aliphatic carbocycles. The second-order valence-corrected chi connectivity index (χ2v) is 6.07. The third-order valence-corrected chi connectivity index (χ3v) is 4.46. The third-order valence-electron chi connectivity index (χ3n) is 3.65. The Bertz CT molecular complexity index is 373. The van der Waals surface area contributed by atoms with Gasteiger partial charge < -0.3 is 10.5 Å². The molecule has 4 nitrogen and oxygen atoms in total. The molecular weight excluding hydrogens is 222 g/mol. The highest BCUT2D eigenvalue weighted by Gasteiger charge is 2.41. The van der Waals surface area contributed by atoms with Crippen LogP contribution in [0.25, 0.3) is 0 Å². The number of rotatable bonds is 2. The van der Waals surface area contributed by atoms with Gasteiger partial charge in [-0.05, 0) is 19.4 Å². The molecule has 2 aliphatic rings. The summed E-state index contributed by atoms with van der Waals surface area (Å²) in [4.78, 5) is 7.87. The molecule has 2 N–H and O–H groups in total. The Morgan fingerprint density at radius 1 is 1.56 bits per heavy atom. The van der Waals surface area contributed by atoms with Crippen LogP contribution in [0.1, 0.15) is 17.7 Å². The number of aromatic nitrogens is 1. The van der Waals surface area contributed by atoms with Gasteiger partial charge in [0.1, 0.15) is 0 Å². The van der Waals surface area contributed by atoms with Gasteiger partial charge in [0.2, 0.25) is 0 Å². The summed E-state index contributed by atoms with van der Waals surface area (Å²) in [5.74, 6) is 0. The molecule has 1 unspecified atom stereocenters. The van der Waals surface area contributed by atoms with Crippen molar-refractivity contribution in [3.05, 3.63) is 11.1 Å². The Morgan fingerprint density at radius 2 is 2.50 bits per heavy atom. The van der Waals surface area contributed by atoms with Gasteiger partial charge >= 0.3 is 0 Å². The monoisotopic (exact) mass is 239 g/mol.